The van der Waals surface area contributed by atoms with E-state index in [-0.39, 0.29) is 30.2 Å². The van der Waals surface area contributed by atoms with Crippen molar-refractivity contribution in [2.45, 2.75) is 19.0 Å². The van der Waals surface area contributed by atoms with Crippen LogP contribution in [0, 0.1) is 5.82 Å². The molecule has 0 bridgehead atoms. The van der Waals surface area contributed by atoms with Gasteiger partial charge in [-0.3, -0.25) is 4.79 Å². The highest BCUT2D eigenvalue weighted by molar-refractivity contribution is 5.90. The molecule has 2 aromatic carbocycles. The van der Waals surface area contributed by atoms with E-state index in [1.54, 1.807) is 29.2 Å². The van der Waals surface area contributed by atoms with E-state index in [2.05, 4.69) is 10.6 Å². The number of nitrogens with zero attached hydrogens (tertiary/aromatic N) is 1. The zero-order valence-electron chi connectivity index (χ0n) is 13.0. The number of anilines is 1. The fourth-order valence-electron chi connectivity index (χ4n) is 2.75. The van der Waals surface area contributed by atoms with Crippen molar-refractivity contribution in [1.29, 1.82) is 0 Å². The van der Waals surface area contributed by atoms with Crippen molar-refractivity contribution < 1.29 is 14.0 Å². The summed E-state index contributed by atoms with van der Waals surface area (Å²) < 4.78 is 13.2. The van der Waals surface area contributed by atoms with E-state index in [0.29, 0.717) is 18.8 Å². The fraction of sp³-hybridized carbons (Fsp3) is 0.222. The molecule has 0 saturated carbocycles. The number of carbonyl (C=O) groups is 2. The van der Waals surface area contributed by atoms with Gasteiger partial charge < -0.3 is 15.5 Å². The smallest absolute Gasteiger partial charge is 0.319 e. The van der Waals surface area contributed by atoms with Crippen molar-refractivity contribution >= 4 is 17.6 Å². The number of hydrogen-bond acceptors (Lipinski definition) is 2. The Bertz CT molecular complexity index is 736. The predicted molar refractivity (Wildman–Crippen MR) is 88.8 cm³/mol. The molecule has 6 heteroatoms. The molecule has 1 heterocycles. The number of nitrogens with one attached hydrogen (secondary N) is 2. The van der Waals surface area contributed by atoms with E-state index in [1.807, 2.05) is 18.2 Å². The third-order valence-corrected chi connectivity index (χ3v) is 3.84. The van der Waals surface area contributed by atoms with Gasteiger partial charge in [0.1, 0.15) is 5.82 Å². The fourth-order valence-corrected chi connectivity index (χ4v) is 2.75. The minimum absolute atomic E-state index is 0.0516. The highest BCUT2D eigenvalue weighted by Gasteiger charge is 2.30. The summed E-state index contributed by atoms with van der Waals surface area (Å²) in [7, 11) is 0. The summed E-state index contributed by atoms with van der Waals surface area (Å²) in [5.41, 5.74) is 1.42. The second-order valence-corrected chi connectivity index (χ2v) is 5.77. The van der Waals surface area contributed by atoms with Crippen LogP contribution < -0.4 is 10.6 Å². The topological polar surface area (TPSA) is 61.4 Å². The van der Waals surface area contributed by atoms with Crippen molar-refractivity contribution in [3.05, 3.63) is 66.0 Å². The van der Waals surface area contributed by atoms with Gasteiger partial charge in [-0.05, 0) is 29.8 Å². The third kappa shape index (κ3) is 4.10. The van der Waals surface area contributed by atoms with Crippen LogP contribution in [0.1, 0.15) is 12.0 Å². The normalized spacial score (nSPS) is 17.0. The summed E-state index contributed by atoms with van der Waals surface area (Å²) in [6.07, 6.45) is 0.248. The van der Waals surface area contributed by atoms with Crippen molar-refractivity contribution in [2.24, 2.45) is 0 Å². The van der Waals surface area contributed by atoms with E-state index in [9.17, 15) is 14.0 Å². The summed E-state index contributed by atoms with van der Waals surface area (Å²) >= 11 is 0. The lowest BCUT2D eigenvalue weighted by Gasteiger charge is -2.17. The van der Waals surface area contributed by atoms with E-state index in [4.69, 9.17) is 0 Å². The second-order valence-electron chi connectivity index (χ2n) is 5.77. The highest BCUT2D eigenvalue weighted by Crippen LogP contribution is 2.16. The number of urea groups is 1. The van der Waals surface area contributed by atoms with E-state index >= 15 is 0 Å². The summed E-state index contributed by atoms with van der Waals surface area (Å²) in [5.74, 6) is -0.375. The lowest BCUT2D eigenvalue weighted by atomic mass is 10.2. The van der Waals surface area contributed by atoms with Crippen LogP contribution in [0.3, 0.4) is 0 Å². The first-order valence-corrected chi connectivity index (χ1v) is 7.75. The van der Waals surface area contributed by atoms with Gasteiger partial charge in [-0.15, -0.1) is 0 Å². The molecule has 1 aliphatic rings. The van der Waals surface area contributed by atoms with Crippen LogP contribution in [0.4, 0.5) is 14.9 Å². The van der Waals surface area contributed by atoms with Gasteiger partial charge in [-0.2, -0.15) is 0 Å². The molecule has 2 N–H and O–H groups in total. The third-order valence-electron chi connectivity index (χ3n) is 3.84. The van der Waals surface area contributed by atoms with E-state index in [1.165, 1.54) is 12.1 Å². The molecule has 0 spiro atoms. The van der Waals surface area contributed by atoms with E-state index in [0.717, 1.165) is 5.56 Å². The molecule has 0 radical (unpaired) electrons. The lowest BCUT2D eigenvalue weighted by molar-refractivity contribution is -0.128. The number of carbonyl (C=O) groups excluding carboxylic acids is 2. The molecule has 5 nitrogen and oxygen atoms in total. The number of halogens is 1. The van der Waals surface area contributed by atoms with Gasteiger partial charge in [0.25, 0.3) is 0 Å². The van der Waals surface area contributed by atoms with Crippen LogP contribution in [0.25, 0.3) is 0 Å². The average molecular weight is 327 g/mol. The molecular weight excluding hydrogens is 309 g/mol. The number of amides is 3. The van der Waals surface area contributed by atoms with Gasteiger partial charge in [0.2, 0.25) is 5.91 Å². The number of likely N-dealkylation sites (tertiary alicyclic amines) is 1. The Morgan fingerprint density at radius 2 is 1.96 bits per heavy atom. The van der Waals surface area contributed by atoms with Crippen LogP contribution in [0.15, 0.2) is 54.6 Å². The summed E-state index contributed by atoms with van der Waals surface area (Å²) in [6, 6.07) is 14.7. The maximum Gasteiger partial charge on any atom is 0.319 e. The van der Waals surface area contributed by atoms with Crippen molar-refractivity contribution in [3.8, 4) is 0 Å². The van der Waals surface area contributed by atoms with Crippen LogP contribution in [0.2, 0.25) is 0 Å². The van der Waals surface area contributed by atoms with Crippen molar-refractivity contribution in [3.63, 3.8) is 0 Å². The predicted octanol–water partition coefficient (Wildman–Crippen LogP) is 2.75. The number of rotatable bonds is 4. The van der Waals surface area contributed by atoms with Crippen LogP contribution in [-0.4, -0.2) is 29.4 Å². The Morgan fingerprint density at radius 1 is 1.17 bits per heavy atom. The maximum absolute atomic E-state index is 13.2. The molecule has 1 atom stereocenters. The standard InChI is InChI=1S/C18H18FN3O2/c19-14-6-4-5-13(9-14)11-22-12-16(10-17(22)23)21-18(24)20-15-7-2-1-3-8-15/h1-9,16H,10-12H2,(H2,20,21,24)/t16-/m0/s1. The largest absolute Gasteiger partial charge is 0.336 e. The molecule has 2 aromatic rings. The molecule has 124 valence electrons. The minimum Gasteiger partial charge on any atom is -0.336 e. The first-order chi connectivity index (χ1) is 11.6. The Balaban J connectivity index is 1.53. The summed E-state index contributed by atoms with van der Waals surface area (Å²) in [4.78, 5) is 25.7. The lowest BCUT2D eigenvalue weighted by Crippen LogP contribution is -2.39. The molecule has 24 heavy (non-hydrogen) atoms. The molecule has 3 amide bonds. The van der Waals surface area contributed by atoms with Gasteiger partial charge in [-0.25, -0.2) is 9.18 Å². The Morgan fingerprint density at radius 3 is 2.71 bits per heavy atom. The van der Waals surface area contributed by atoms with Crippen LogP contribution in [-0.2, 0) is 11.3 Å². The summed E-state index contributed by atoms with van der Waals surface area (Å²) in [6.45, 7) is 0.757. The van der Waals surface area contributed by atoms with Crippen molar-refractivity contribution in [1.82, 2.24) is 10.2 Å². The molecule has 3 rings (SSSR count). The van der Waals surface area contributed by atoms with Gasteiger partial charge in [0.15, 0.2) is 0 Å². The van der Waals surface area contributed by atoms with Gasteiger partial charge in [0.05, 0.1) is 6.04 Å². The van der Waals surface area contributed by atoms with Crippen LogP contribution >= 0.6 is 0 Å². The first kappa shape index (κ1) is 16.0. The van der Waals surface area contributed by atoms with Crippen molar-refractivity contribution in [2.75, 3.05) is 11.9 Å². The number of hydrogen-bond donors (Lipinski definition) is 2. The van der Waals surface area contributed by atoms with Gasteiger partial charge in [-0.1, -0.05) is 30.3 Å². The molecular formula is C18H18FN3O2. The number of benzene rings is 2. The SMILES string of the molecule is O=C(Nc1ccccc1)N[C@H]1CC(=O)N(Cc2cccc(F)c2)C1. The minimum atomic E-state index is -0.341. The molecule has 1 fully saturated rings. The van der Waals surface area contributed by atoms with Gasteiger partial charge in [0, 0.05) is 25.2 Å². The average Bonchev–Trinajstić information content (AvgIpc) is 2.87. The second kappa shape index (κ2) is 7.12. The summed E-state index contributed by atoms with van der Waals surface area (Å²) in [5, 5.41) is 5.52. The number of para-hydroxylation sites is 1. The van der Waals surface area contributed by atoms with Gasteiger partial charge >= 0.3 is 6.03 Å². The quantitative estimate of drug-likeness (QED) is 0.907. The Labute approximate surface area is 139 Å². The zero-order valence-corrected chi connectivity index (χ0v) is 13.0. The monoisotopic (exact) mass is 327 g/mol. The Hall–Kier alpha value is -2.89. The Kier molecular flexibility index (Phi) is 4.74. The molecule has 0 unspecified atom stereocenters. The molecule has 1 saturated heterocycles. The first-order valence-electron chi connectivity index (χ1n) is 7.75. The molecule has 0 aliphatic carbocycles. The molecule has 0 aromatic heterocycles. The maximum atomic E-state index is 13.2. The highest BCUT2D eigenvalue weighted by atomic mass is 19.1. The zero-order chi connectivity index (χ0) is 16.9. The van der Waals surface area contributed by atoms with Crippen LogP contribution in [0.5, 0.6) is 0 Å². The van der Waals surface area contributed by atoms with E-state index < -0.39 is 0 Å². The molecule has 1 aliphatic heterocycles.